The smallest absolute Gasteiger partial charge is 0.144 e. The van der Waals surface area contributed by atoms with Crippen LogP contribution in [0.25, 0.3) is 11.0 Å². The van der Waals surface area contributed by atoms with Crippen molar-refractivity contribution in [3.8, 4) is 5.75 Å². The fraction of sp³-hybridized carbons (Fsp3) is 0.222. The number of H-pyrrole nitrogens is 1. The van der Waals surface area contributed by atoms with Crippen LogP contribution in [0.5, 0.6) is 5.75 Å². The number of imidazole rings is 1. The Hall–Kier alpha value is -1.71. The first-order chi connectivity index (χ1) is 6.45. The van der Waals surface area contributed by atoms with E-state index in [9.17, 15) is 0 Å². The first-order valence-corrected chi connectivity index (χ1v) is 4.28. The van der Waals surface area contributed by atoms with Gasteiger partial charge in [-0.15, -0.1) is 0 Å². The fourth-order valence-corrected chi connectivity index (χ4v) is 1.62. The zero-order valence-electron chi connectivity index (χ0n) is 7.00. The molecule has 1 aliphatic rings. The second kappa shape index (κ2) is 2.39. The van der Waals surface area contributed by atoms with Crippen molar-refractivity contribution in [3.05, 3.63) is 18.5 Å². The van der Waals surface area contributed by atoms with Gasteiger partial charge in [0.15, 0.2) is 0 Å². The number of nitrogens with one attached hydrogen (secondary N) is 2. The largest absolute Gasteiger partial charge is 0.490 e. The minimum absolute atomic E-state index is 0.725. The van der Waals surface area contributed by atoms with Crippen LogP contribution in [0.2, 0.25) is 0 Å². The Balaban J connectivity index is 2.34. The summed E-state index contributed by atoms with van der Waals surface area (Å²) in [5.74, 6) is 0.894. The summed E-state index contributed by atoms with van der Waals surface area (Å²) in [5, 5.41) is 3.28. The molecule has 0 aliphatic carbocycles. The van der Waals surface area contributed by atoms with Gasteiger partial charge in [-0.05, 0) is 12.1 Å². The Bertz CT molecular complexity index is 449. The molecule has 0 atom stereocenters. The Labute approximate surface area is 74.9 Å². The molecule has 2 aromatic rings. The lowest BCUT2D eigenvalue weighted by Crippen LogP contribution is -2.18. The zero-order valence-corrected chi connectivity index (χ0v) is 7.00. The first kappa shape index (κ1) is 6.77. The van der Waals surface area contributed by atoms with E-state index >= 15 is 0 Å². The molecule has 0 unspecified atom stereocenters. The maximum atomic E-state index is 5.48. The Morgan fingerprint density at radius 3 is 3.38 bits per heavy atom. The average Bonchev–Trinajstić information content (AvgIpc) is 2.65. The molecule has 4 heteroatoms. The Kier molecular flexibility index (Phi) is 1.24. The van der Waals surface area contributed by atoms with Crippen molar-refractivity contribution in [2.75, 3.05) is 18.5 Å². The topological polar surface area (TPSA) is 49.9 Å². The standard InChI is InChI=1S/C9H9N3O/c1-2-7-9(10-3-4-13-7)8-6(1)11-5-12-8/h1-2,5,10H,3-4H2,(H,11,12). The summed E-state index contributed by atoms with van der Waals surface area (Å²) in [5.41, 5.74) is 3.00. The van der Waals surface area contributed by atoms with E-state index in [1.807, 2.05) is 12.1 Å². The van der Waals surface area contributed by atoms with Gasteiger partial charge in [-0.2, -0.15) is 0 Å². The summed E-state index contributed by atoms with van der Waals surface area (Å²) in [4.78, 5) is 7.30. The van der Waals surface area contributed by atoms with Gasteiger partial charge in [0, 0.05) is 6.54 Å². The summed E-state index contributed by atoms with van der Waals surface area (Å²) >= 11 is 0. The van der Waals surface area contributed by atoms with E-state index in [-0.39, 0.29) is 0 Å². The molecule has 13 heavy (non-hydrogen) atoms. The predicted molar refractivity (Wildman–Crippen MR) is 50.1 cm³/mol. The summed E-state index contributed by atoms with van der Waals surface area (Å²) < 4.78 is 5.48. The molecule has 1 aromatic heterocycles. The summed E-state index contributed by atoms with van der Waals surface area (Å²) in [6, 6.07) is 3.94. The lowest BCUT2D eigenvalue weighted by Gasteiger charge is -2.18. The van der Waals surface area contributed by atoms with Crippen molar-refractivity contribution < 1.29 is 4.74 Å². The van der Waals surface area contributed by atoms with Gasteiger partial charge in [-0.1, -0.05) is 0 Å². The second-order valence-electron chi connectivity index (χ2n) is 3.01. The van der Waals surface area contributed by atoms with Gasteiger partial charge in [-0.3, -0.25) is 0 Å². The van der Waals surface area contributed by atoms with E-state index in [1.54, 1.807) is 6.33 Å². The molecule has 1 aliphatic heterocycles. The minimum Gasteiger partial charge on any atom is -0.490 e. The maximum absolute atomic E-state index is 5.48. The zero-order chi connectivity index (χ0) is 8.67. The van der Waals surface area contributed by atoms with Gasteiger partial charge in [0.2, 0.25) is 0 Å². The van der Waals surface area contributed by atoms with Gasteiger partial charge < -0.3 is 15.0 Å². The van der Waals surface area contributed by atoms with Crippen LogP contribution in [0.3, 0.4) is 0 Å². The van der Waals surface area contributed by atoms with Crippen LogP contribution in [0, 0.1) is 0 Å². The van der Waals surface area contributed by atoms with Crippen LogP contribution in [-0.2, 0) is 0 Å². The van der Waals surface area contributed by atoms with Crippen molar-refractivity contribution >= 4 is 16.7 Å². The molecule has 66 valence electrons. The fourth-order valence-electron chi connectivity index (χ4n) is 1.62. The van der Waals surface area contributed by atoms with Crippen molar-refractivity contribution in [1.29, 1.82) is 0 Å². The normalized spacial score (nSPS) is 14.8. The van der Waals surface area contributed by atoms with E-state index in [4.69, 9.17) is 4.74 Å². The number of fused-ring (bicyclic) bond motifs is 3. The molecule has 0 fully saturated rings. The van der Waals surface area contributed by atoms with Crippen LogP contribution in [-0.4, -0.2) is 23.1 Å². The summed E-state index contributed by atoms with van der Waals surface area (Å²) in [7, 11) is 0. The summed E-state index contributed by atoms with van der Waals surface area (Å²) in [6.07, 6.45) is 1.70. The average molecular weight is 175 g/mol. The van der Waals surface area contributed by atoms with Gasteiger partial charge >= 0.3 is 0 Å². The van der Waals surface area contributed by atoms with Gasteiger partial charge in [0.05, 0.1) is 11.8 Å². The molecule has 0 amide bonds. The van der Waals surface area contributed by atoms with Crippen molar-refractivity contribution in [3.63, 3.8) is 0 Å². The molecule has 0 saturated heterocycles. The third-order valence-electron chi connectivity index (χ3n) is 2.21. The number of hydrogen-bond acceptors (Lipinski definition) is 3. The highest BCUT2D eigenvalue weighted by atomic mass is 16.5. The molecular weight excluding hydrogens is 166 g/mol. The second-order valence-corrected chi connectivity index (χ2v) is 3.01. The highest BCUT2D eigenvalue weighted by Crippen LogP contribution is 2.32. The third kappa shape index (κ3) is 0.884. The lowest BCUT2D eigenvalue weighted by atomic mass is 10.2. The molecule has 0 saturated carbocycles. The highest BCUT2D eigenvalue weighted by Gasteiger charge is 2.13. The Morgan fingerprint density at radius 2 is 2.38 bits per heavy atom. The number of rotatable bonds is 0. The van der Waals surface area contributed by atoms with Crippen molar-refractivity contribution in [2.24, 2.45) is 0 Å². The molecule has 0 radical (unpaired) electrons. The number of anilines is 1. The molecule has 0 spiro atoms. The number of hydrogen-bond donors (Lipinski definition) is 2. The van der Waals surface area contributed by atoms with Crippen LogP contribution < -0.4 is 10.1 Å². The van der Waals surface area contributed by atoms with E-state index in [0.29, 0.717) is 0 Å². The van der Waals surface area contributed by atoms with Crippen LogP contribution in [0.1, 0.15) is 0 Å². The monoisotopic (exact) mass is 175 g/mol. The van der Waals surface area contributed by atoms with Crippen LogP contribution >= 0.6 is 0 Å². The van der Waals surface area contributed by atoms with Crippen LogP contribution in [0.4, 0.5) is 5.69 Å². The van der Waals surface area contributed by atoms with Gasteiger partial charge in [0.25, 0.3) is 0 Å². The minimum atomic E-state index is 0.725. The quantitative estimate of drug-likeness (QED) is 0.635. The number of nitrogens with zero attached hydrogens (tertiary/aromatic N) is 1. The van der Waals surface area contributed by atoms with Crippen molar-refractivity contribution in [2.45, 2.75) is 0 Å². The Morgan fingerprint density at radius 1 is 1.38 bits per heavy atom. The molecule has 3 rings (SSSR count). The van der Waals surface area contributed by atoms with E-state index in [2.05, 4.69) is 15.3 Å². The molecule has 0 bridgehead atoms. The molecule has 4 nitrogen and oxygen atoms in total. The summed E-state index contributed by atoms with van der Waals surface area (Å²) in [6.45, 7) is 1.57. The predicted octanol–water partition coefficient (Wildman–Crippen LogP) is 1.37. The van der Waals surface area contributed by atoms with Crippen molar-refractivity contribution in [1.82, 2.24) is 9.97 Å². The van der Waals surface area contributed by atoms with Gasteiger partial charge in [-0.25, -0.2) is 4.98 Å². The van der Waals surface area contributed by atoms with Crippen LogP contribution in [0.15, 0.2) is 18.5 Å². The molecular formula is C9H9N3O. The molecule has 2 heterocycles. The number of ether oxygens (including phenoxy) is 1. The molecule has 1 aromatic carbocycles. The number of benzene rings is 1. The van der Waals surface area contributed by atoms with E-state index < -0.39 is 0 Å². The molecule has 2 N–H and O–H groups in total. The van der Waals surface area contributed by atoms with E-state index in [0.717, 1.165) is 35.6 Å². The number of aromatic amines is 1. The first-order valence-electron chi connectivity index (χ1n) is 4.28. The lowest BCUT2D eigenvalue weighted by molar-refractivity contribution is 0.324. The van der Waals surface area contributed by atoms with E-state index in [1.165, 1.54) is 0 Å². The number of aromatic nitrogens is 2. The van der Waals surface area contributed by atoms with Gasteiger partial charge in [0.1, 0.15) is 23.6 Å². The maximum Gasteiger partial charge on any atom is 0.144 e. The third-order valence-corrected chi connectivity index (χ3v) is 2.21. The highest BCUT2D eigenvalue weighted by molar-refractivity contribution is 5.92. The SMILES string of the molecule is c1nc2c3c(ccc2[nH]1)OCCN3.